The minimum Gasteiger partial charge on any atom is -0.337 e. The Bertz CT molecular complexity index is 671. The van der Waals surface area contributed by atoms with Crippen LogP contribution < -0.4 is 10.6 Å². The molecule has 0 bridgehead atoms. The molecule has 0 aliphatic heterocycles. The summed E-state index contributed by atoms with van der Waals surface area (Å²) in [5.74, 6) is 0.899. The van der Waals surface area contributed by atoms with Crippen LogP contribution >= 0.6 is 11.3 Å². The van der Waals surface area contributed by atoms with Gasteiger partial charge in [-0.25, -0.2) is 9.78 Å². The number of hydrogen-bond acceptors (Lipinski definition) is 4. The predicted octanol–water partition coefficient (Wildman–Crippen LogP) is 2.74. The number of carbonyl (C=O) groups is 1. The summed E-state index contributed by atoms with van der Waals surface area (Å²) in [4.78, 5) is 18.0. The van der Waals surface area contributed by atoms with Gasteiger partial charge in [-0.1, -0.05) is 0 Å². The maximum absolute atomic E-state index is 12.0. The number of thiazole rings is 1. The highest BCUT2D eigenvalue weighted by molar-refractivity contribution is 7.11. The lowest BCUT2D eigenvalue weighted by molar-refractivity contribution is 0.251. The Morgan fingerprint density at radius 3 is 3.05 bits per heavy atom. The van der Waals surface area contributed by atoms with Crippen LogP contribution in [0.1, 0.15) is 40.0 Å². The van der Waals surface area contributed by atoms with Crippen molar-refractivity contribution in [2.24, 2.45) is 7.05 Å². The molecule has 2 amide bonds. The highest BCUT2D eigenvalue weighted by Crippen LogP contribution is 2.34. The number of nitrogens with zero attached hydrogens (tertiary/aromatic N) is 3. The van der Waals surface area contributed by atoms with E-state index in [0.29, 0.717) is 18.3 Å². The summed E-state index contributed by atoms with van der Waals surface area (Å²) in [5, 5.41) is 11.1. The maximum atomic E-state index is 12.0. The molecule has 2 N–H and O–H groups in total. The van der Waals surface area contributed by atoms with E-state index in [0.717, 1.165) is 23.5 Å². The van der Waals surface area contributed by atoms with Crippen molar-refractivity contribution < 1.29 is 4.79 Å². The molecular weight excluding hydrogens is 298 g/mol. The zero-order valence-corrected chi connectivity index (χ0v) is 14.0. The molecule has 1 aliphatic rings. The number of urea groups is 1. The third-order valence-electron chi connectivity index (χ3n) is 4.04. The molecule has 2 heterocycles. The summed E-state index contributed by atoms with van der Waals surface area (Å²) in [7, 11) is 1.85. The minimum atomic E-state index is -0.211. The Morgan fingerprint density at radius 2 is 2.32 bits per heavy atom. The number of amides is 2. The Kier molecular flexibility index (Phi) is 4.15. The first kappa shape index (κ1) is 15.0. The number of fused-ring (bicyclic) bond motifs is 1. The van der Waals surface area contributed by atoms with E-state index in [1.165, 1.54) is 17.0 Å². The lowest BCUT2D eigenvalue weighted by atomic mass is 9.91. The molecule has 22 heavy (non-hydrogen) atoms. The van der Waals surface area contributed by atoms with Crippen LogP contribution in [-0.2, 0) is 13.5 Å². The Balaban J connectivity index is 1.57. The van der Waals surface area contributed by atoms with Crippen molar-refractivity contribution in [2.75, 3.05) is 11.9 Å². The second-order valence-corrected chi connectivity index (χ2v) is 7.05. The van der Waals surface area contributed by atoms with E-state index in [9.17, 15) is 4.79 Å². The molecule has 3 rings (SSSR count). The van der Waals surface area contributed by atoms with Gasteiger partial charge < -0.3 is 5.32 Å². The summed E-state index contributed by atoms with van der Waals surface area (Å²) < 4.78 is 1.74. The van der Waals surface area contributed by atoms with Gasteiger partial charge in [-0.3, -0.25) is 10.00 Å². The summed E-state index contributed by atoms with van der Waals surface area (Å²) >= 11 is 1.78. The van der Waals surface area contributed by atoms with E-state index in [-0.39, 0.29) is 6.03 Å². The van der Waals surface area contributed by atoms with Crippen LogP contribution in [0, 0.1) is 13.8 Å². The van der Waals surface area contributed by atoms with Gasteiger partial charge in [0.25, 0.3) is 0 Å². The van der Waals surface area contributed by atoms with E-state index >= 15 is 0 Å². The number of anilines is 1. The molecule has 0 radical (unpaired) electrons. The van der Waals surface area contributed by atoms with Crippen molar-refractivity contribution in [3.63, 3.8) is 0 Å². The predicted molar refractivity (Wildman–Crippen MR) is 87.5 cm³/mol. The largest absolute Gasteiger partial charge is 0.337 e. The number of carbonyl (C=O) groups excluding carboxylic acids is 1. The maximum Gasteiger partial charge on any atom is 0.320 e. The zero-order valence-electron chi connectivity index (χ0n) is 13.1. The summed E-state index contributed by atoms with van der Waals surface area (Å²) in [5.41, 5.74) is 2.19. The normalized spacial score (nSPS) is 17.1. The number of aromatic nitrogens is 3. The number of rotatable bonds is 3. The monoisotopic (exact) mass is 319 g/mol. The van der Waals surface area contributed by atoms with Gasteiger partial charge in [-0.15, -0.1) is 11.3 Å². The van der Waals surface area contributed by atoms with Gasteiger partial charge in [0.1, 0.15) is 0 Å². The van der Waals surface area contributed by atoms with Crippen LogP contribution in [-0.4, -0.2) is 27.3 Å². The van der Waals surface area contributed by atoms with E-state index in [1.54, 1.807) is 16.0 Å². The van der Waals surface area contributed by atoms with Crippen molar-refractivity contribution in [1.82, 2.24) is 20.1 Å². The minimum absolute atomic E-state index is 0.211. The lowest BCUT2D eigenvalue weighted by Crippen LogP contribution is -2.33. The van der Waals surface area contributed by atoms with Gasteiger partial charge in [0.05, 0.1) is 10.7 Å². The van der Waals surface area contributed by atoms with Crippen LogP contribution in [0.2, 0.25) is 0 Å². The molecule has 1 atom stereocenters. The fraction of sp³-hybridized carbons (Fsp3) is 0.533. The summed E-state index contributed by atoms with van der Waals surface area (Å²) in [6.45, 7) is 4.61. The van der Waals surface area contributed by atoms with Crippen molar-refractivity contribution in [1.29, 1.82) is 0 Å². The van der Waals surface area contributed by atoms with E-state index in [1.807, 2.05) is 27.0 Å². The van der Waals surface area contributed by atoms with Crippen LogP contribution in [0.25, 0.3) is 0 Å². The molecule has 1 aliphatic carbocycles. The highest BCUT2D eigenvalue weighted by atomic mass is 32.1. The van der Waals surface area contributed by atoms with Gasteiger partial charge in [0.15, 0.2) is 5.82 Å². The molecule has 1 unspecified atom stereocenters. The smallest absolute Gasteiger partial charge is 0.320 e. The van der Waals surface area contributed by atoms with Gasteiger partial charge in [-0.05, 0) is 33.1 Å². The fourth-order valence-corrected chi connectivity index (χ4v) is 3.89. The third-order valence-corrected chi connectivity index (χ3v) is 5.09. The topological polar surface area (TPSA) is 71.8 Å². The molecular formula is C15H21N5OS. The standard InChI is InChI=1S/C15H21N5OS/c1-9-7-13(19-20(9)3)18-15(21)16-8-11-5-4-6-12-14(11)17-10(2)22-12/h7,11H,4-6,8H2,1-3H3,(H2,16,18,19,21). The second-order valence-electron chi connectivity index (χ2n) is 5.76. The van der Waals surface area contributed by atoms with Crippen molar-refractivity contribution in [2.45, 2.75) is 39.0 Å². The van der Waals surface area contributed by atoms with E-state index in [4.69, 9.17) is 0 Å². The van der Waals surface area contributed by atoms with Crippen LogP contribution in [0.3, 0.4) is 0 Å². The molecule has 2 aromatic heterocycles. The second kappa shape index (κ2) is 6.08. The van der Waals surface area contributed by atoms with E-state index in [2.05, 4.69) is 20.7 Å². The Labute approximate surface area is 133 Å². The SMILES string of the molecule is Cc1nc2c(s1)CCCC2CNC(=O)Nc1cc(C)n(C)n1. The lowest BCUT2D eigenvalue weighted by Gasteiger charge is -2.21. The number of nitrogens with one attached hydrogen (secondary N) is 2. The Hall–Kier alpha value is -1.89. The van der Waals surface area contributed by atoms with Crippen LogP contribution in [0.15, 0.2) is 6.07 Å². The summed E-state index contributed by atoms with van der Waals surface area (Å²) in [6.07, 6.45) is 3.37. The zero-order chi connectivity index (χ0) is 15.7. The van der Waals surface area contributed by atoms with Crippen LogP contribution in [0.5, 0.6) is 0 Å². The molecule has 2 aromatic rings. The first-order valence-electron chi connectivity index (χ1n) is 7.54. The first-order chi connectivity index (χ1) is 10.5. The molecule has 0 aromatic carbocycles. The highest BCUT2D eigenvalue weighted by Gasteiger charge is 2.24. The molecule has 0 saturated heterocycles. The molecule has 7 heteroatoms. The van der Waals surface area contributed by atoms with Crippen molar-refractivity contribution >= 4 is 23.2 Å². The average Bonchev–Trinajstić information content (AvgIpc) is 2.98. The molecule has 118 valence electrons. The molecule has 0 spiro atoms. The quantitative estimate of drug-likeness (QED) is 0.913. The van der Waals surface area contributed by atoms with E-state index < -0.39 is 0 Å². The van der Waals surface area contributed by atoms with Gasteiger partial charge >= 0.3 is 6.03 Å². The Morgan fingerprint density at radius 1 is 1.50 bits per heavy atom. The number of aryl methyl sites for hydroxylation is 4. The fourth-order valence-electron chi connectivity index (χ4n) is 2.83. The summed E-state index contributed by atoms with van der Waals surface area (Å²) in [6, 6.07) is 1.64. The molecule has 0 saturated carbocycles. The van der Waals surface area contributed by atoms with Crippen molar-refractivity contribution in [3.05, 3.63) is 27.3 Å². The third kappa shape index (κ3) is 3.14. The molecule has 0 fully saturated rings. The number of hydrogen-bond donors (Lipinski definition) is 2. The van der Waals surface area contributed by atoms with Crippen LogP contribution in [0.4, 0.5) is 10.6 Å². The van der Waals surface area contributed by atoms with Gasteiger partial charge in [0, 0.05) is 36.1 Å². The van der Waals surface area contributed by atoms with Gasteiger partial charge in [0.2, 0.25) is 0 Å². The first-order valence-corrected chi connectivity index (χ1v) is 8.36. The molecule has 6 nitrogen and oxygen atoms in total. The van der Waals surface area contributed by atoms with Crippen molar-refractivity contribution in [3.8, 4) is 0 Å². The van der Waals surface area contributed by atoms with Gasteiger partial charge in [-0.2, -0.15) is 5.10 Å². The average molecular weight is 319 g/mol.